The van der Waals surface area contributed by atoms with Gasteiger partial charge in [-0.25, -0.2) is 4.79 Å². The van der Waals surface area contributed by atoms with Crippen molar-refractivity contribution in [3.05, 3.63) is 23.8 Å². The maximum atomic E-state index is 13.6. The zero-order chi connectivity index (χ0) is 11.8. The number of rotatable bonds is 4. The lowest BCUT2D eigenvalue weighted by molar-refractivity contribution is 0.0505. The van der Waals surface area contributed by atoms with E-state index < -0.39 is 5.97 Å². The number of hydrogen-bond donors (Lipinski definition) is 0. The Hall–Kier alpha value is -1.32. The van der Waals surface area contributed by atoms with E-state index in [0.717, 1.165) is 19.3 Å². The molecule has 1 aliphatic carbocycles. The number of esters is 1. The number of ether oxygens (including phenoxy) is 1. The van der Waals surface area contributed by atoms with Crippen LogP contribution < -0.4 is 0 Å². The third-order valence-electron chi connectivity index (χ3n) is 3.00. The Balaban J connectivity index is 2.14. The number of aromatic nitrogens is 1. The minimum absolute atomic E-state index is 0.132. The van der Waals surface area contributed by atoms with Crippen molar-refractivity contribution in [3.8, 4) is 0 Å². The lowest BCUT2D eigenvalue weighted by atomic mass is 10.3. The van der Waals surface area contributed by atoms with Crippen molar-refractivity contribution < 1.29 is 13.9 Å². The van der Waals surface area contributed by atoms with Crippen molar-refractivity contribution >= 4 is 5.97 Å². The molecule has 0 aromatic carbocycles. The van der Waals surface area contributed by atoms with Gasteiger partial charge in [0.15, 0.2) is 5.95 Å². The monoisotopic (exact) mass is 225 g/mol. The fourth-order valence-corrected chi connectivity index (χ4v) is 1.66. The molecule has 0 radical (unpaired) electrons. The molecule has 2 rings (SSSR count). The molecule has 0 spiro atoms. The van der Waals surface area contributed by atoms with E-state index in [-0.39, 0.29) is 11.5 Å². The molecule has 0 atom stereocenters. The highest BCUT2D eigenvalue weighted by Gasteiger charge is 2.41. The molecule has 0 bridgehead atoms. The zero-order valence-electron chi connectivity index (χ0n) is 9.62. The Kier molecular flexibility index (Phi) is 2.74. The molecule has 1 aromatic rings. The van der Waals surface area contributed by atoms with Crippen LogP contribution in [0.1, 0.15) is 43.5 Å². The largest absolute Gasteiger partial charge is 0.462 e. The normalized spacial score (nSPS) is 17.2. The smallest absolute Gasteiger partial charge is 0.339 e. The lowest BCUT2D eigenvalue weighted by Gasteiger charge is -2.10. The molecular formula is C12H16FNO2. The predicted octanol–water partition coefficient (Wildman–Crippen LogP) is 2.70. The van der Waals surface area contributed by atoms with Crippen molar-refractivity contribution in [3.63, 3.8) is 0 Å². The van der Waals surface area contributed by atoms with Crippen molar-refractivity contribution in [2.45, 2.75) is 38.6 Å². The average Bonchev–Trinajstić information content (AvgIpc) is 2.86. The second kappa shape index (κ2) is 3.92. The van der Waals surface area contributed by atoms with Crippen LogP contribution in [0, 0.1) is 5.95 Å². The van der Waals surface area contributed by atoms with Crippen molar-refractivity contribution in [1.29, 1.82) is 0 Å². The summed E-state index contributed by atoms with van der Waals surface area (Å²) >= 11 is 0. The zero-order valence-corrected chi connectivity index (χ0v) is 9.62. The highest BCUT2D eigenvalue weighted by atomic mass is 19.1. The van der Waals surface area contributed by atoms with Gasteiger partial charge < -0.3 is 9.30 Å². The van der Waals surface area contributed by atoms with E-state index >= 15 is 0 Å². The molecule has 16 heavy (non-hydrogen) atoms. The van der Waals surface area contributed by atoms with Gasteiger partial charge in [-0.15, -0.1) is 0 Å². The van der Waals surface area contributed by atoms with Crippen molar-refractivity contribution in [1.82, 2.24) is 4.57 Å². The Morgan fingerprint density at radius 3 is 2.88 bits per heavy atom. The van der Waals surface area contributed by atoms with Gasteiger partial charge in [0.1, 0.15) is 0 Å². The summed E-state index contributed by atoms with van der Waals surface area (Å²) in [7, 11) is 0. The molecule has 1 saturated carbocycles. The average molecular weight is 225 g/mol. The fraction of sp³-hybridized carbons (Fsp3) is 0.583. The van der Waals surface area contributed by atoms with Crippen LogP contribution in [0.25, 0.3) is 0 Å². The van der Waals surface area contributed by atoms with E-state index in [2.05, 4.69) is 0 Å². The number of carbonyl (C=O) groups is 1. The van der Waals surface area contributed by atoms with Crippen LogP contribution in [0.2, 0.25) is 0 Å². The van der Waals surface area contributed by atoms with Crippen LogP contribution >= 0.6 is 0 Å². The van der Waals surface area contributed by atoms with E-state index in [4.69, 9.17) is 4.74 Å². The van der Waals surface area contributed by atoms with Gasteiger partial charge in [0.2, 0.25) is 0 Å². The molecule has 1 heterocycles. The summed E-state index contributed by atoms with van der Waals surface area (Å²) in [6, 6.07) is 1.25. The van der Waals surface area contributed by atoms with Crippen molar-refractivity contribution in [2.24, 2.45) is 0 Å². The second-order valence-electron chi connectivity index (χ2n) is 4.55. The highest BCUT2D eigenvalue weighted by molar-refractivity contribution is 5.89. The summed E-state index contributed by atoms with van der Waals surface area (Å²) in [5.41, 5.74) is 0.173. The maximum absolute atomic E-state index is 13.6. The minimum atomic E-state index is -0.441. The van der Waals surface area contributed by atoms with Crippen LogP contribution in [0.3, 0.4) is 0 Å². The fourth-order valence-electron chi connectivity index (χ4n) is 1.66. The van der Waals surface area contributed by atoms with E-state index in [9.17, 15) is 9.18 Å². The van der Waals surface area contributed by atoms with Crippen LogP contribution in [0.15, 0.2) is 12.3 Å². The highest BCUT2D eigenvalue weighted by Crippen LogP contribution is 2.43. The Morgan fingerprint density at radius 1 is 1.62 bits per heavy atom. The molecule has 0 unspecified atom stereocenters. The SMILES string of the molecule is CCCOC(=O)c1cc(F)n(C2(C)CC2)c1. The first-order valence-corrected chi connectivity index (χ1v) is 5.62. The first-order chi connectivity index (χ1) is 7.57. The summed E-state index contributed by atoms with van der Waals surface area (Å²) < 4.78 is 20.1. The van der Waals surface area contributed by atoms with Gasteiger partial charge in [-0.2, -0.15) is 4.39 Å². The molecule has 0 N–H and O–H groups in total. The number of halogens is 1. The van der Waals surface area contributed by atoms with Gasteiger partial charge in [-0.05, 0) is 26.2 Å². The number of hydrogen-bond acceptors (Lipinski definition) is 2. The lowest BCUT2D eigenvalue weighted by Crippen LogP contribution is -2.13. The molecule has 0 aliphatic heterocycles. The van der Waals surface area contributed by atoms with Crippen LogP contribution in [-0.2, 0) is 10.3 Å². The Morgan fingerprint density at radius 2 is 2.31 bits per heavy atom. The summed E-state index contributed by atoms with van der Waals surface area (Å²) in [6.45, 7) is 4.28. The molecule has 1 fully saturated rings. The second-order valence-corrected chi connectivity index (χ2v) is 4.55. The molecule has 0 saturated heterocycles. The van der Waals surface area contributed by atoms with Gasteiger partial charge in [0.25, 0.3) is 0 Å². The van der Waals surface area contributed by atoms with Gasteiger partial charge in [0.05, 0.1) is 12.2 Å². The Bertz CT molecular complexity index is 407. The van der Waals surface area contributed by atoms with Gasteiger partial charge in [-0.3, -0.25) is 0 Å². The quantitative estimate of drug-likeness (QED) is 0.738. The van der Waals surface area contributed by atoms with Crippen LogP contribution in [0.4, 0.5) is 4.39 Å². The molecule has 0 amide bonds. The summed E-state index contributed by atoms with van der Waals surface area (Å²) in [5.74, 6) is -0.799. The van der Waals surface area contributed by atoms with Gasteiger partial charge in [-0.1, -0.05) is 6.92 Å². The number of carbonyl (C=O) groups excluding carboxylic acids is 1. The molecule has 3 nitrogen and oxygen atoms in total. The molecule has 88 valence electrons. The van der Waals surface area contributed by atoms with E-state index in [1.54, 1.807) is 6.20 Å². The third kappa shape index (κ3) is 1.96. The minimum Gasteiger partial charge on any atom is -0.462 e. The maximum Gasteiger partial charge on any atom is 0.339 e. The third-order valence-corrected chi connectivity index (χ3v) is 3.00. The van der Waals surface area contributed by atoms with Crippen molar-refractivity contribution in [2.75, 3.05) is 6.61 Å². The van der Waals surface area contributed by atoms with Gasteiger partial charge >= 0.3 is 5.97 Å². The topological polar surface area (TPSA) is 31.2 Å². The summed E-state index contributed by atoms with van der Waals surface area (Å²) in [6.07, 6.45) is 4.25. The van der Waals surface area contributed by atoms with Crippen LogP contribution in [-0.4, -0.2) is 17.1 Å². The first kappa shape index (κ1) is 11.2. The number of nitrogens with zero attached hydrogens (tertiary/aromatic N) is 1. The van der Waals surface area contributed by atoms with Crippen LogP contribution in [0.5, 0.6) is 0 Å². The Labute approximate surface area is 94.2 Å². The van der Waals surface area contributed by atoms with E-state index in [1.165, 1.54) is 10.6 Å². The molecule has 1 aliphatic rings. The summed E-state index contributed by atoms with van der Waals surface area (Å²) in [4.78, 5) is 11.5. The molecular weight excluding hydrogens is 209 g/mol. The summed E-state index contributed by atoms with van der Waals surface area (Å²) in [5, 5.41) is 0. The predicted molar refractivity (Wildman–Crippen MR) is 57.8 cm³/mol. The van der Waals surface area contributed by atoms with E-state index in [1.807, 2.05) is 13.8 Å². The molecule has 4 heteroatoms. The first-order valence-electron chi connectivity index (χ1n) is 5.62. The molecule has 1 aromatic heterocycles. The standard InChI is InChI=1S/C12H16FNO2/c1-3-6-16-11(15)9-7-10(13)14(8-9)12(2)4-5-12/h7-8H,3-6H2,1-2H3. The van der Waals surface area contributed by atoms with Gasteiger partial charge in [0, 0.05) is 17.8 Å². The van der Waals surface area contributed by atoms with E-state index in [0.29, 0.717) is 12.2 Å².